The van der Waals surface area contributed by atoms with Crippen LogP contribution >= 0.6 is 11.3 Å². The van der Waals surface area contributed by atoms with Gasteiger partial charge in [0, 0.05) is 19.0 Å². The van der Waals surface area contributed by atoms with Gasteiger partial charge in [0.2, 0.25) is 0 Å². The maximum Gasteiger partial charge on any atom is 0.416 e. The van der Waals surface area contributed by atoms with Crippen molar-refractivity contribution in [3.8, 4) is 0 Å². The number of nitrogens with one attached hydrogen (secondary N) is 1. The topological polar surface area (TPSA) is 60.8 Å². The number of thiazole rings is 1. The van der Waals surface area contributed by atoms with Gasteiger partial charge in [-0.1, -0.05) is 0 Å². The van der Waals surface area contributed by atoms with Crippen LogP contribution in [-0.4, -0.2) is 53.9 Å². The molecule has 0 saturated heterocycles. The molecule has 0 radical (unpaired) electrons. The number of alkyl halides is 3. The van der Waals surface area contributed by atoms with Gasteiger partial charge in [-0.2, -0.15) is 13.2 Å². The molecule has 0 saturated carbocycles. The molecular formula is C14H21F3N4OS. The maximum atomic E-state index is 12.3. The molecule has 1 aliphatic carbocycles. The van der Waals surface area contributed by atoms with Gasteiger partial charge in [-0.05, 0) is 25.7 Å². The zero-order chi connectivity index (χ0) is 17.0. The van der Waals surface area contributed by atoms with Crippen LogP contribution in [0.1, 0.15) is 28.4 Å². The number of hydrogen-bond acceptors (Lipinski definition) is 4. The molecule has 1 heterocycles. The fourth-order valence-electron chi connectivity index (χ4n) is 2.44. The molecule has 9 heteroatoms. The normalized spacial score (nSPS) is 16.9. The Balaban J connectivity index is 1.92. The molecule has 1 aromatic heterocycles. The quantitative estimate of drug-likeness (QED) is 0.644. The highest BCUT2D eigenvalue weighted by Crippen LogP contribution is 2.27. The van der Waals surface area contributed by atoms with E-state index in [1.54, 1.807) is 23.3 Å². The van der Waals surface area contributed by atoms with Gasteiger partial charge in [-0.15, -0.1) is 11.3 Å². The molecule has 1 aliphatic rings. The van der Waals surface area contributed by atoms with Crippen LogP contribution in [0.25, 0.3) is 0 Å². The Bertz CT molecular complexity index is 535. The number of hydrogen-bond donors (Lipinski definition) is 2. The summed E-state index contributed by atoms with van der Waals surface area (Å²) in [6, 6.07) is 0. The summed E-state index contributed by atoms with van der Waals surface area (Å²) in [6.07, 6.45) is -2.66. The van der Waals surface area contributed by atoms with Crippen molar-refractivity contribution in [3.05, 3.63) is 15.6 Å². The predicted molar refractivity (Wildman–Crippen MR) is 83.6 cm³/mol. The number of guanidine groups is 1. The molecule has 23 heavy (non-hydrogen) atoms. The minimum absolute atomic E-state index is 0.293. The molecule has 1 atom stereocenters. The fourth-order valence-corrected chi connectivity index (χ4v) is 3.65. The third kappa shape index (κ3) is 4.81. The molecule has 0 bridgehead atoms. The summed E-state index contributed by atoms with van der Waals surface area (Å²) in [7, 11) is 3.22. The standard InChI is InChI=1S/C14H21F3N4OS/c1-18-13(19-7-11(22)14(15,16)17)21(2)8-12-20-9-5-3-4-6-10(9)23-12/h11,22H,3-8H2,1-2H3,(H,18,19). The summed E-state index contributed by atoms with van der Waals surface area (Å²) < 4.78 is 37.0. The molecule has 2 rings (SSSR count). The third-order valence-electron chi connectivity index (χ3n) is 3.67. The second kappa shape index (κ2) is 7.48. The van der Waals surface area contributed by atoms with E-state index in [-0.39, 0.29) is 0 Å². The van der Waals surface area contributed by atoms with Gasteiger partial charge in [0.1, 0.15) is 5.01 Å². The SMILES string of the molecule is CN=C(NCC(O)C(F)(F)F)N(C)Cc1nc2c(s1)CCCC2. The predicted octanol–water partition coefficient (Wildman–Crippen LogP) is 1.95. The Kier molecular flexibility index (Phi) is 5.85. The Morgan fingerprint density at radius 1 is 1.43 bits per heavy atom. The monoisotopic (exact) mass is 350 g/mol. The zero-order valence-electron chi connectivity index (χ0n) is 13.2. The molecule has 0 fully saturated rings. The van der Waals surface area contributed by atoms with E-state index in [9.17, 15) is 13.2 Å². The first kappa shape index (κ1) is 18.0. The number of aromatic nitrogens is 1. The molecule has 2 N–H and O–H groups in total. The van der Waals surface area contributed by atoms with Gasteiger partial charge < -0.3 is 15.3 Å². The van der Waals surface area contributed by atoms with Crippen molar-refractivity contribution in [1.82, 2.24) is 15.2 Å². The minimum atomic E-state index is -4.64. The van der Waals surface area contributed by atoms with Crippen LogP contribution in [0.2, 0.25) is 0 Å². The fraction of sp³-hybridized carbons (Fsp3) is 0.714. The maximum absolute atomic E-state index is 12.3. The second-order valence-corrected chi connectivity index (χ2v) is 6.69. The smallest absolute Gasteiger partial charge is 0.382 e. The third-order valence-corrected chi connectivity index (χ3v) is 4.81. The van der Waals surface area contributed by atoms with Gasteiger partial charge >= 0.3 is 6.18 Å². The number of aliphatic imine (C=N–C) groups is 1. The summed E-state index contributed by atoms with van der Waals surface area (Å²) in [5.74, 6) is 0.293. The van der Waals surface area contributed by atoms with Gasteiger partial charge in [0.15, 0.2) is 12.1 Å². The van der Waals surface area contributed by atoms with Crippen molar-refractivity contribution in [2.45, 2.75) is 44.5 Å². The number of nitrogens with zero attached hydrogens (tertiary/aromatic N) is 3. The van der Waals surface area contributed by atoms with Gasteiger partial charge in [0.25, 0.3) is 0 Å². The number of rotatable bonds is 4. The Hall–Kier alpha value is -1.35. The molecule has 0 aliphatic heterocycles. The highest BCUT2D eigenvalue weighted by molar-refractivity contribution is 7.11. The average Bonchev–Trinajstić information content (AvgIpc) is 2.88. The van der Waals surface area contributed by atoms with Gasteiger partial charge in [0.05, 0.1) is 18.8 Å². The highest BCUT2D eigenvalue weighted by Gasteiger charge is 2.38. The summed E-state index contributed by atoms with van der Waals surface area (Å²) in [6.45, 7) is -0.158. The molecular weight excluding hydrogens is 329 g/mol. The summed E-state index contributed by atoms with van der Waals surface area (Å²) in [5, 5.41) is 12.5. The lowest BCUT2D eigenvalue weighted by atomic mass is 10.0. The van der Waals surface area contributed by atoms with E-state index in [0.717, 1.165) is 30.0 Å². The molecule has 0 amide bonds. The number of aliphatic hydroxyl groups excluding tert-OH is 1. The van der Waals surface area contributed by atoms with Crippen molar-refractivity contribution < 1.29 is 18.3 Å². The van der Waals surface area contributed by atoms with E-state index < -0.39 is 18.8 Å². The van der Waals surface area contributed by atoms with Crippen LogP contribution in [0.15, 0.2) is 4.99 Å². The van der Waals surface area contributed by atoms with Crippen LogP contribution in [-0.2, 0) is 19.4 Å². The Morgan fingerprint density at radius 3 is 2.74 bits per heavy atom. The molecule has 1 aromatic rings. The van der Waals surface area contributed by atoms with E-state index in [2.05, 4.69) is 15.3 Å². The largest absolute Gasteiger partial charge is 0.416 e. The van der Waals surface area contributed by atoms with Crippen LogP contribution in [0.4, 0.5) is 13.2 Å². The lowest BCUT2D eigenvalue weighted by Gasteiger charge is -2.23. The Labute approximate surface area is 137 Å². The van der Waals surface area contributed by atoms with Crippen molar-refractivity contribution >= 4 is 17.3 Å². The molecule has 5 nitrogen and oxygen atoms in total. The van der Waals surface area contributed by atoms with E-state index >= 15 is 0 Å². The average molecular weight is 350 g/mol. The summed E-state index contributed by atoms with van der Waals surface area (Å²) in [5.41, 5.74) is 1.15. The number of halogens is 3. The molecule has 0 aromatic carbocycles. The van der Waals surface area contributed by atoms with Crippen molar-refractivity contribution in [3.63, 3.8) is 0 Å². The summed E-state index contributed by atoms with van der Waals surface area (Å²) in [4.78, 5) is 11.6. The zero-order valence-corrected chi connectivity index (χ0v) is 14.0. The molecule has 0 spiro atoms. The summed E-state index contributed by atoms with van der Waals surface area (Å²) >= 11 is 1.66. The first-order chi connectivity index (χ1) is 10.8. The molecule has 1 unspecified atom stereocenters. The van der Waals surface area contributed by atoms with E-state index in [4.69, 9.17) is 5.11 Å². The van der Waals surface area contributed by atoms with Crippen LogP contribution in [0.5, 0.6) is 0 Å². The minimum Gasteiger partial charge on any atom is -0.382 e. The number of aryl methyl sites for hydroxylation is 2. The first-order valence-electron chi connectivity index (χ1n) is 7.45. The van der Waals surface area contributed by atoms with E-state index in [0.29, 0.717) is 12.5 Å². The molecule has 130 valence electrons. The van der Waals surface area contributed by atoms with Crippen molar-refractivity contribution in [2.75, 3.05) is 20.6 Å². The van der Waals surface area contributed by atoms with Crippen LogP contribution < -0.4 is 5.32 Å². The van der Waals surface area contributed by atoms with Gasteiger partial charge in [-0.25, -0.2) is 4.98 Å². The van der Waals surface area contributed by atoms with Crippen LogP contribution in [0.3, 0.4) is 0 Å². The lowest BCUT2D eigenvalue weighted by molar-refractivity contribution is -0.201. The second-order valence-electron chi connectivity index (χ2n) is 5.53. The van der Waals surface area contributed by atoms with E-state index in [1.807, 2.05) is 0 Å². The lowest BCUT2D eigenvalue weighted by Crippen LogP contribution is -2.45. The first-order valence-corrected chi connectivity index (χ1v) is 8.27. The van der Waals surface area contributed by atoms with E-state index in [1.165, 1.54) is 18.3 Å². The Morgan fingerprint density at radius 2 is 2.13 bits per heavy atom. The van der Waals surface area contributed by atoms with Crippen LogP contribution in [0, 0.1) is 0 Å². The van der Waals surface area contributed by atoms with Crippen molar-refractivity contribution in [1.29, 1.82) is 0 Å². The number of fused-ring (bicyclic) bond motifs is 1. The number of aliphatic hydroxyl groups is 1. The highest BCUT2D eigenvalue weighted by atomic mass is 32.1. The van der Waals surface area contributed by atoms with Gasteiger partial charge in [-0.3, -0.25) is 4.99 Å². The van der Waals surface area contributed by atoms with Crippen molar-refractivity contribution in [2.24, 2.45) is 4.99 Å².